The molecule has 1 atom stereocenters. The van der Waals surface area contributed by atoms with Gasteiger partial charge < -0.3 is 4.90 Å². The number of hydrogen-bond donors (Lipinski definition) is 1. The average Bonchev–Trinajstić information content (AvgIpc) is 2.72. The van der Waals surface area contributed by atoms with E-state index in [9.17, 15) is 18.0 Å². The largest absolute Gasteiger partial charge is 0.368 e. The van der Waals surface area contributed by atoms with Crippen molar-refractivity contribution in [3.8, 4) is 0 Å². The summed E-state index contributed by atoms with van der Waals surface area (Å²) in [7, 11) is -4.25. The first-order chi connectivity index (χ1) is 13.8. The summed E-state index contributed by atoms with van der Waals surface area (Å²) < 4.78 is 29.2. The molecule has 0 heterocycles. The monoisotopic (exact) mass is 412 g/mol. The number of benzene rings is 2. The highest BCUT2D eigenvalue weighted by Crippen LogP contribution is 2.31. The second-order valence-corrected chi connectivity index (χ2v) is 8.46. The number of nitrogens with zero attached hydrogens (tertiary/aromatic N) is 1. The number of sulfonamides is 1. The van der Waals surface area contributed by atoms with Gasteiger partial charge in [0.2, 0.25) is 21.6 Å². The fraction of sp³-hybridized carbons (Fsp3) is 0.273. The Labute approximate surface area is 171 Å². The van der Waals surface area contributed by atoms with E-state index in [1.54, 1.807) is 42.2 Å². The van der Waals surface area contributed by atoms with Gasteiger partial charge in [-0.25, -0.2) is 13.1 Å². The lowest BCUT2D eigenvalue weighted by molar-refractivity contribution is 0.0949. The van der Waals surface area contributed by atoms with Gasteiger partial charge in [0.05, 0.1) is 0 Å². The van der Waals surface area contributed by atoms with Crippen molar-refractivity contribution in [2.24, 2.45) is 0 Å². The summed E-state index contributed by atoms with van der Waals surface area (Å²) >= 11 is 0. The van der Waals surface area contributed by atoms with Crippen molar-refractivity contribution < 1.29 is 18.0 Å². The van der Waals surface area contributed by atoms with Gasteiger partial charge in [0.25, 0.3) is 0 Å². The molecule has 0 aliphatic heterocycles. The van der Waals surface area contributed by atoms with Crippen molar-refractivity contribution in [3.63, 3.8) is 0 Å². The second kappa shape index (κ2) is 8.31. The third-order valence-electron chi connectivity index (χ3n) is 5.03. The van der Waals surface area contributed by atoms with Gasteiger partial charge in [0, 0.05) is 30.3 Å². The molecular weight excluding hydrogens is 388 g/mol. The smallest absolute Gasteiger partial charge is 0.247 e. The van der Waals surface area contributed by atoms with E-state index in [4.69, 9.17) is 0 Å². The Bertz CT molecular complexity index is 1070. The minimum Gasteiger partial charge on any atom is -0.368 e. The summed E-state index contributed by atoms with van der Waals surface area (Å²) in [6.45, 7) is 6.15. The number of carbonyl (C=O) groups is 2. The van der Waals surface area contributed by atoms with Crippen molar-refractivity contribution in [2.75, 3.05) is 13.1 Å². The molecule has 6 nitrogen and oxygen atoms in total. The summed E-state index contributed by atoms with van der Waals surface area (Å²) in [5.74, 6) is -1.11. The summed E-state index contributed by atoms with van der Waals surface area (Å²) in [5.41, 5.74) is 1.04. The van der Waals surface area contributed by atoms with Crippen LogP contribution in [0.1, 0.15) is 53.1 Å². The lowest BCUT2D eigenvalue weighted by atomic mass is 9.92. The number of fused-ring (bicyclic) bond motifs is 1. The number of ketones is 2. The predicted octanol–water partition coefficient (Wildman–Crippen LogP) is 3.30. The maximum absolute atomic E-state index is 13.3. The number of rotatable bonds is 7. The summed E-state index contributed by atoms with van der Waals surface area (Å²) in [4.78, 5) is 27.6. The highest BCUT2D eigenvalue weighted by Gasteiger charge is 2.41. The zero-order valence-corrected chi connectivity index (χ0v) is 17.5. The van der Waals surface area contributed by atoms with Crippen LogP contribution in [0.15, 0.2) is 65.2 Å². The topological polar surface area (TPSA) is 83.6 Å². The van der Waals surface area contributed by atoms with Crippen LogP contribution in [0.2, 0.25) is 0 Å². The van der Waals surface area contributed by atoms with Gasteiger partial charge in [-0.15, -0.1) is 0 Å². The summed E-state index contributed by atoms with van der Waals surface area (Å²) in [6, 6.07) is 14.8. The Balaban J connectivity index is 2.14. The van der Waals surface area contributed by atoms with Crippen molar-refractivity contribution in [1.29, 1.82) is 0 Å². The molecule has 0 saturated heterocycles. The van der Waals surface area contributed by atoms with Gasteiger partial charge in [-0.3, -0.25) is 9.59 Å². The van der Waals surface area contributed by atoms with Crippen LogP contribution in [0.4, 0.5) is 0 Å². The van der Waals surface area contributed by atoms with E-state index in [0.717, 1.165) is 5.56 Å². The molecule has 3 rings (SSSR count). The molecule has 1 aliphatic carbocycles. The van der Waals surface area contributed by atoms with Gasteiger partial charge in [-0.1, -0.05) is 54.6 Å². The first-order valence-electron chi connectivity index (χ1n) is 9.56. The van der Waals surface area contributed by atoms with Crippen LogP contribution in [0.3, 0.4) is 0 Å². The molecular formula is C22H24N2O4S. The molecule has 0 aromatic heterocycles. The van der Waals surface area contributed by atoms with Crippen LogP contribution in [0.25, 0.3) is 0 Å². The zero-order chi connectivity index (χ0) is 21.2. The maximum atomic E-state index is 13.3. The van der Waals surface area contributed by atoms with Crippen LogP contribution < -0.4 is 4.72 Å². The van der Waals surface area contributed by atoms with E-state index in [0.29, 0.717) is 13.1 Å². The number of carbonyl (C=O) groups excluding carboxylic acids is 2. The zero-order valence-electron chi connectivity index (χ0n) is 16.7. The van der Waals surface area contributed by atoms with Crippen molar-refractivity contribution >= 4 is 21.6 Å². The lowest BCUT2D eigenvalue weighted by Crippen LogP contribution is -2.40. The fourth-order valence-electron chi connectivity index (χ4n) is 3.52. The molecule has 0 spiro atoms. The molecule has 1 unspecified atom stereocenters. The van der Waals surface area contributed by atoms with E-state index >= 15 is 0 Å². The van der Waals surface area contributed by atoms with Gasteiger partial charge in [0.1, 0.15) is 5.70 Å². The second-order valence-electron chi connectivity index (χ2n) is 6.81. The van der Waals surface area contributed by atoms with Crippen LogP contribution in [0, 0.1) is 0 Å². The highest BCUT2D eigenvalue weighted by atomic mass is 32.2. The fourth-order valence-corrected chi connectivity index (χ4v) is 5.07. The normalized spacial score (nSPS) is 15.3. The van der Waals surface area contributed by atoms with Gasteiger partial charge in [-0.05, 0) is 26.3 Å². The van der Waals surface area contributed by atoms with Gasteiger partial charge in [-0.2, -0.15) is 0 Å². The lowest BCUT2D eigenvalue weighted by Gasteiger charge is -2.30. The van der Waals surface area contributed by atoms with E-state index in [1.165, 1.54) is 6.07 Å². The van der Waals surface area contributed by atoms with Gasteiger partial charge in [0.15, 0.2) is 4.91 Å². The van der Waals surface area contributed by atoms with E-state index in [2.05, 4.69) is 4.72 Å². The number of likely N-dealkylation sites (N-methyl/N-ethyl adjacent to an activating group) is 1. The number of hydrogen-bond acceptors (Lipinski definition) is 5. The van der Waals surface area contributed by atoms with Gasteiger partial charge >= 0.3 is 0 Å². The first-order valence-corrected chi connectivity index (χ1v) is 11.0. The van der Waals surface area contributed by atoms with Crippen molar-refractivity contribution in [2.45, 2.75) is 26.8 Å². The molecule has 0 saturated carbocycles. The Morgan fingerprint density at radius 3 is 1.93 bits per heavy atom. The molecule has 152 valence electrons. The molecule has 0 fully saturated rings. The molecule has 2 aromatic carbocycles. The predicted molar refractivity (Wildman–Crippen MR) is 112 cm³/mol. The minimum absolute atomic E-state index is 0.0635. The third-order valence-corrected chi connectivity index (χ3v) is 6.61. The number of allylic oxidation sites excluding steroid dienone is 2. The number of Topliss-reactive ketones (excluding diaryl/α,β-unsaturated/α-hetero) is 2. The standard InChI is InChI=1S/C22H24N2O4S/c1-4-24(5-2)19-20(25)17-13-9-10-14-18(17)21(26)22(19)29(27,28)23-15(3)16-11-7-6-8-12-16/h6-15,23H,4-5H2,1-3H3. The Morgan fingerprint density at radius 1 is 0.862 bits per heavy atom. The molecule has 0 radical (unpaired) electrons. The minimum atomic E-state index is -4.25. The van der Waals surface area contributed by atoms with Crippen molar-refractivity contribution in [1.82, 2.24) is 9.62 Å². The first kappa shape index (κ1) is 21.0. The van der Waals surface area contributed by atoms with Crippen LogP contribution in [0.5, 0.6) is 0 Å². The van der Waals surface area contributed by atoms with E-state index in [1.807, 2.05) is 32.0 Å². The maximum Gasteiger partial charge on any atom is 0.247 e. The third kappa shape index (κ3) is 3.88. The molecule has 29 heavy (non-hydrogen) atoms. The summed E-state index contributed by atoms with van der Waals surface area (Å²) in [6.07, 6.45) is 0. The highest BCUT2D eigenvalue weighted by molar-refractivity contribution is 7.94. The Morgan fingerprint density at radius 2 is 1.38 bits per heavy atom. The molecule has 7 heteroatoms. The molecule has 0 bridgehead atoms. The van der Waals surface area contributed by atoms with Crippen LogP contribution in [-0.2, 0) is 10.0 Å². The quantitative estimate of drug-likeness (QED) is 0.754. The van der Waals surface area contributed by atoms with Crippen molar-refractivity contribution in [3.05, 3.63) is 81.9 Å². The average molecular weight is 413 g/mol. The van der Waals surface area contributed by atoms with Crippen LogP contribution in [-0.4, -0.2) is 38.0 Å². The number of nitrogens with one attached hydrogen (secondary N) is 1. The van der Waals surface area contributed by atoms with E-state index < -0.39 is 32.5 Å². The molecule has 1 aliphatic rings. The Hall–Kier alpha value is -2.77. The van der Waals surface area contributed by atoms with Crippen LogP contribution >= 0.6 is 0 Å². The molecule has 1 N–H and O–H groups in total. The summed E-state index contributed by atoms with van der Waals surface area (Å²) in [5, 5.41) is 0. The Kier molecular flexibility index (Phi) is 6.00. The molecule has 2 aromatic rings. The SMILES string of the molecule is CCN(CC)C1=C(S(=O)(=O)NC(C)c2ccccc2)C(=O)c2ccccc2C1=O. The molecule has 0 amide bonds. The van der Waals surface area contributed by atoms with E-state index in [-0.39, 0.29) is 16.8 Å².